The second kappa shape index (κ2) is 8.98. The van der Waals surface area contributed by atoms with Gasteiger partial charge in [-0.25, -0.2) is 4.68 Å². The molecule has 0 N–H and O–H groups in total. The molecule has 2 aliphatic heterocycles. The van der Waals surface area contributed by atoms with Crippen LogP contribution >= 0.6 is 0 Å². The molecule has 8 heteroatoms. The summed E-state index contributed by atoms with van der Waals surface area (Å²) in [4.78, 5) is 14.6. The van der Waals surface area contributed by atoms with Crippen LogP contribution in [0.4, 0.5) is 0 Å². The van der Waals surface area contributed by atoms with Crippen molar-refractivity contribution in [3.8, 4) is 0 Å². The number of nitrogens with zero attached hydrogens (tertiary/aromatic N) is 5. The minimum absolute atomic E-state index is 0.0167. The van der Waals surface area contributed by atoms with Crippen molar-refractivity contribution in [2.75, 3.05) is 26.3 Å². The third-order valence-electron chi connectivity index (χ3n) is 6.19. The van der Waals surface area contributed by atoms with Crippen molar-refractivity contribution in [1.82, 2.24) is 24.9 Å². The van der Waals surface area contributed by atoms with E-state index in [4.69, 9.17) is 9.15 Å². The molecule has 4 heterocycles. The molecule has 2 saturated heterocycles. The van der Waals surface area contributed by atoms with E-state index < -0.39 is 0 Å². The second-order valence-corrected chi connectivity index (χ2v) is 9.63. The topological polar surface area (TPSA) is 86.3 Å². The van der Waals surface area contributed by atoms with Gasteiger partial charge in [0.15, 0.2) is 0 Å². The first-order valence-corrected chi connectivity index (χ1v) is 11.1. The SMILES string of the molecule is CC(C)(C)c1ccc(=O)n(CC2CCN(Cc3nnc(C4CCOCC4)o3)CC2)n1. The molecule has 0 aromatic carbocycles. The van der Waals surface area contributed by atoms with Crippen LogP contribution in [0.3, 0.4) is 0 Å². The molecule has 0 unspecified atom stereocenters. The fraction of sp³-hybridized carbons (Fsp3) is 0.727. The lowest BCUT2D eigenvalue weighted by Crippen LogP contribution is -2.37. The molecule has 0 radical (unpaired) electrons. The first kappa shape index (κ1) is 21.2. The number of piperidine rings is 1. The number of aromatic nitrogens is 4. The zero-order valence-electron chi connectivity index (χ0n) is 18.3. The molecule has 164 valence electrons. The maximum absolute atomic E-state index is 12.3. The highest BCUT2D eigenvalue weighted by Gasteiger charge is 2.25. The quantitative estimate of drug-likeness (QED) is 0.742. The summed E-state index contributed by atoms with van der Waals surface area (Å²) in [7, 11) is 0. The van der Waals surface area contributed by atoms with Gasteiger partial charge in [-0.05, 0) is 50.8 Å². The summed E-state index contributed by atoms with van der Waals surface area (Å²) >= 11 is 0. The summed E-state index contributed by atoms with van der Waals surface area (Å²) < 4.78 is 13.0. The van der Waals surface area contributed by atoms with E-state index >= 15 is 0 Å². The lowest BCUT2D eigenvalue weighted by Gasteiger charge is -2.31. The van der Waals surface area contributed by atoms with Gasteiger partial charge in [0.25, 0.3) is 5.56 Å². The van der Waals surface area contributed by atoms with E-state index in [1.54, 1.807) is 10.7 Å². The van der Waals surface area contributed by atoms with Gasteiger partial charge in [0.1, 0.15) is 0 Å². The van der Waals surface area contributed by atoms with Crippen molar-refractivity contribution in [1.29, 1.82) is 0 Å². The highest BCUT2D eigenvalue weighted by molar-refractivity contribution is 5.10. The van der Waals surface area contributed by atoms with Crippen molar-refractivity contribution in [3.05, 3.63) is 40.0 Å². The molecule has 0 bridgehead atoms. The Bertz CT molecular complexity index is 887. The molecule has 0 aliphatic carbocycles. The molecule has 8 nitrogen and oxygen atoms in total. The molecule has 2 fully saturated rings. The highest BCUT2D eigenvalue weighted by Crippen LogP contribution is 2.26. The van der Waals surface area contributed by atoms with E-state index in [0.717, 1.165) is 63.6 Å². The average Bonchev–Trinajstić information content (AvgIpc) is 3.19. The van der Waals surface area contributed by atoms with Crippen LogP contribution in [0.25, 0.3) is 0 Å². The number of ether oxygens (including phenoxy) is 1. The molecule has 0 amide bonds. The van der Waals surface area contributed by atoms with Crippen LogP contribution in [0.1, 0.15) is 69.8 Å². The van der Waals surface area contributed by atoms with Gasteiger partial charge in [0.2, 0.25) is 11.8 Å². The van der Waals surface area contributed by atoms with Gasteiger partial charge in [-0.3, -0.25) is 9.69 Å². The summed E-state index contributed by atoms with van der Waals surface area (Å²) in [6.45, 7) is 11.2. The van der Waals surface area contributed by atoms with Crippen molar-refractivity contribution < 1.29 is 9.15 Å². The number of likely N-dealkylation sites (tertiary alicyclic amines) is 1. The number of hydrogen-bond acceptors (Lipinski definition) is 7. The molecule has 0 atom stereocenters. The van der Waals surface area contributed by atoms with Crippen LogP contribution in [0.15, 0.2) is 21.3 Å². The normalized spacial score (nSPS) is 20.0. The summed E-state index contributed by atoms with van der Waals surface area (Å²) in [6, 6.07) is 3.49. The lowest BCUT2D eigenvalue weighted by molar-refractivity contribution is 0.0785. The van der Waals surface area contributed by atoms with Crippen LogP contribution in [0, 0.1) is 5.92 Å². The predicted octanol–water partition coefficient (Wildman–Crippen LogP) is 2.73. The van der Waals surface area contributed by atoms with Crippen molar-refractivity contribution in [2.24, 2.45) is 5.92 Å². The maximum atomic E-state index is 12.3. The maximum Gasteiger partial charge on any atom is 0.266 e. The van der Waals surface area contributed by atoms with Crippen LogP contribution in [0.5, 0.6) is 0 Å². The largest absolute Gasteiger partial charge is 0.424 e. The van der Waals surface area contributed by atoms with Gasteiger partial charge in [-0.2, -0.15) is 5.10 Å². The van der Waals surface area contributed by atoms with Gasteiger partial charge in [0, 0.05) is 37.2 Å². The average molecular weight is 416 g/mol. The molecule has 0 spiro atoms. The lowest BCUT2D eigenvalue weighted by atomic mass is 9.92. The van der Waals surface area contributed by atoms with E-state index in [1.165, 1.54) is 0 Å². The summed E-state index contributed by atoms with van der Waals surface area (Å²) in [6.07, 6.45) is 3.98. The molecule has 2 aromatic heterocycles. The monoisotopic (exact) mass is 415 g/mol. The third kappa shape index (κ3) is 5.16. The molecule has 30 heavy (non-hydrogen) atoms. The van der Waals surface area contributed by atoms with Crippen molar-refractivity contribution >= 4 is 0 Å². The van der Waals surface area contributed by atoms with E-state index in [9.17, 15) is 4.79 Å². The highest BCUT2D eigenvalue weighted by atomic mass is 16.5. The number of hydrogen-bond donors (Lipinski definition) is 0. The Morgan fingerprint density at radius 1 is 1.07 bits per heavy atom. The summed E-state index contributed by atoms with van der Waals surface area (Å²) in [5.74, 6) is 2.25. The molecule has 4 rings (SSSR count). The van der Waals surface area contributed by atoms with Gasteiger partial charge >= 0.3 is 0 Å². The van der Waals surface area contributed by atoms with Gasteiger partial charge < -0.3 is 9.15 Å². The van der Waals surface area contributed by atoms with Crippen LogP contribution < -0.4 is 5.56 Å². The first-order valence-electron chi connectivity index (χ1n) is 11.1. The zero-order chi connectivity index (χ0) is 21.1. The van der Waals surface area contributed by atoms with Gasteiger partial charge in [-0.1, -0.05) is 20.8 Å². The van der Waals surface area contributed by atoms with E-state index in [0.29, 0.717) is 30.8 Å². The Balaban J connectivity index is 1.29. The van der Waals surface area contributed by atoms with Crippen molar-refractivity contribution in [2.45, 2.75) is 70.9 Å². The Morgan fingerprint density at radius 3 is 2.50 bits per heavy atom. The Hall–Kier alpha value is -2.06. The number of rotatable bonds is 5. The minimum atomic E-state index is -0.0631. The fourth-order valence-corrected chi connectivity index (χ4v) is 4.18. The van der Waals surface area contributed by atoms with E-state index in [2.05, 4.69) is 41.0 Å². The second-order valence-electron chi connectivity index (χ2n) is 9.63. The Morgan fingerprint density at radius 2 is 1.80 bits per heavy atom. The molecular formula is C22H33N5O3. The van der Waals surface area contributed by atoms with E-state index in [-0.39, 0.29) is 11.0 Å². The van der Waals surface area contributed by atoms with Gasteiger partial charge in [0.05, 0.1) is 12.2 Å². The Kier molecular flexibility index (Phi) is 6.34. The fourth-order valence-electron chi connectivity index (χ4n) is 4.18. The minimum Gasteiger partial charge on any atom is -0.424 e. The van der Waals surface area contributed by atoms with Crippen LogP contribution in [0.2, 0.25) is 0 Å². The standard InChI is InChI=1S/C22H33N5O3/c1-22(2,3)18-4-5-20(28)27(25-18)14-16-6-10-26(11-7-16)15-19-23-24-21(30-19)17-8-12-29-13-9-17/h4-5,16-17H,6-15H2,1-3H3. The van der Waals surface area contributed by atoms with Crippen LogP contribution in [-0.4, -0.2) is 51.2 Å². The molecule has 2 aliphatic rings. The predicted molar refractivity (Wildman–Crippen MR) is 112 cm³/mol. The van der Waals surface area contributed by atoms with E-state index in [1.807, 2.05) is 6.07 Å². The molecular weight excluding hydrogens is 382 g/mol. The molecule has 0 saturated carbocycles. The third-order valence-corrected chi connectivity index (χ3v) is 6.19. The first-order chi connectivity index (χ1) is 14.4. The molecule has 2 aromatic rings. The summed E-state index contributed by atoms with van der Waals surface area (Å²) in [5, 5.41) is 13.2. The Labute approximate surface area is 177 Å². The van der Waals surface area contributed by atoms with Gasteiger partial charge in [-0.15, -0.1) is 10.2 Å². The van der Waals surface area contributed by atoms with Crippen LogP contribution in [-0.2, 0) is 23.2 Å². The van der Waals surface area contributed by atoms with Crippen molar-refractivity contribution in [3.63, 3.8) is 0 Å². The smallest absolute Gasteiger partial charge is 0.266 e. The summed E-state index contributed by atoms with van der Waals surface area (Å²) in [5.41, 5.74) is 0.875. The zero-order valence-corrected chi connectivity index (χ0v) is 18.3.